The minimum Gasteiger partial charge on any atom is -0.403 e. The molecule has 0 saturated carbocycles. The second-order valence-corrected chi connectivity index (χ2v) is 4.76. The van der Waals surface area contributed by atoms with Crippen LogP contribution in [0.1, 0.15) is 32.3 Å². The van der Waals surface area contributed by atoms with Crippen LogP contribution in [0.25, 0.3) is 0 Å². The lowest BCUT2D eigenvalue weighted by Gasteiger charge is -2.28. The molecule has 0 aliphatic heterocycles. The van der Waals surface area contributed by atoms with E-state index in [1.54, 1.807) is 0 Å². The smallest absolute Gasteiger partial charge is 0.255 e. The SMILES string of the molecule is CCCB(CCC)N(C)C(=NC)c1ccccc1. The number of nitrogens with zero attached hydrogens (tertiary/aromatic N) is 2. The Morgan fingerprint density at radius 1 is 1.11 bits per heavy atom. The molecular formula is C15H25BN2. The van der Waals surface area contributed by atoms with E-state index in [0.29, 0.717) is 6.85 Å². The summed E-state index contributed by atoms with van der Waals surface area (Å²) in [5.41, 5.74) is 1.21. The lowest BCUT2D eigenvalue weighted by atomic mass is 9.53. The second-order valence-electron chi connectivity index (χ2n) is 4.76. The minimum absolute atomic E-state index is 0.596. The topological polar surface area (TPSA) is 15.6 Å². The van der Waals surface area contributed by atoms with Crippen molar-refractivity contribution in [3.8, 4) is 0 Å². The maximum atomic E-state index is 4.49. The summed E-state index contributed by atoms with van der Waals surface area (Å²) < 4.78 is 0. The Labute approximate surface area is 112 Å². The molecule has 2 nitrogen and oxygen atoms in total. The van der Waals surface area contributed by atoms with E-state index in [1.165, 1.54) is 31.0 Å². The molecule has 0 atom stereocenters. The molecule has 1 rings (SSSR count). The van der Waals surface area contributed by atoms with Crippen molar-refractivity contribution >= 4 is 12.7 Å². The first-order valence-electron chi connectivity index (χ1n) is 6.99. The van der Waals surface area contributed by atoms with E-state index in [-0.39, 0.29) is 0 Å². The highest BCUT2D eigenvalue weighted by Crippen LogP contribution is 2.14. The first kappa shape index (κ1) is 14.8. The highest BCUT2D eigenvalue weighted by atomic mass is 15.1. The van der Waals surface area contributed by atoms with Gasteiger partial charge in [0.25, 0.3) is 6.85 Å². The van der Waals surface area contributed by atoms with Gasteiger partial charge in [-0.2, -0.15) is 0 Å². The Bertz CT molecular complexity index is 356. The van der Waals surface area contributed by atoms with Crippen LogP contribution in [0, 0.1) is 0 Å². The Morgan fingerprint density at radius 3 is 2.11 bits per heavy atom. The first-order valence-corrected chi connectivity index (χ1v) is 6.99. The molecule has 18 heavy (non-hydrogen) atoms. The zero-order valence-electron chi connectivity index (χ0n) is 12.2. The summed E-state index contributed by atoms with van der Waals surface area (Å²) >= 11 is 0. The Balaban J connectivity index is 2.87. The van der Waals surface area contributed by atoms with Crippen LogP contribution in [-0.4, -0.2) is 31.6 Å². The van der Waals surface area contributed by atoms with Crippen LogP contribution in [0.2, 0.25) is 12.6 Å². The number of hydrogen-bond donors (Lipinski definition) is 0. The minimum atomic E-state index is 0.596. The second kappa shape index (κ2) is 7.96. The van der Waals surface area contributed by atoms with Crippen LogP contribution >= 0.6 is 0 Å². The van der Waals surface area contributed by atoms with Gasteiger partial charge in [0.1, 0.15) is 5.84 Å². The fourth-order valence-electron chi connectivity index (χ4n) is 2.45. The fraction of sp³-hybridized carbons (Fsp3) is 0.533. The molecule has 0 aliphatic rings. The summed E-state index contributed by atoms with van der Waals surface area (Å²) in [7, 11) is 4.05. The van der Waals surface area contributed by atoms with Gasteiger partial charge in [0.15, 0.2) is 0 Å². The van der Waals surface area contributed by atoms with Crippen molar-refractivity contribution in [2.45, 2.75) is 39.3 Å². The molecular weight excluding hydrogens is 219 g/mol. The Hall–Kier alpha value is -1.25. The lowest BCUT2D eigenvalue weighted by Crippen LogP contribution is -2.41. The quantitative estimate of drug-likeness (QED) is 0.422. The van der Waals surface area contributed by atoms with Crippen molar-refractivity contribution in [2.75, 3.05) is 14.1 Å². The van der Waals surface area contributed by atoms with E-state index in [9.17, 15) is 0 Å². The number of rotatable bonds is 6. The van der Waals surface area contributed by atoms with Gasteiger partial charge in [-0.15, -0.1) is 0 Å². The van der Waals surface area contributed by atoms with Crippen LogP contribution in [0.3, 0.4) is 0 Å². The van der Waals surface area contributed by atoms with E-state index in [4.69, 9.17) is 0 Å². The van der Waals surface area contributed by atoms with Gasteiger partial charge in [-0.25, -0.2) is 0 Å². The molecule has 0 radical (unpaired) electrons. The van der Waals surface area contributed by atoms with Crippen molar-refractivity contribution in [3.63, 3.8) is 0 Å². The molecule has 0 N–H and O–H groups in total. The van der Waals surface area contributed by atoms with Crippen molar-refractivity contribution < 1.29 is 0 Å². The summed E-state index contributed by atoms with van der Waals surface area (Å²) in [4.78, 5) is 6.84. The predicted octanol–water partition coefficient (Wildman–Crippen LogP) is 3.81. The van der Waals surface area contributed by atoms with Crippen LogP contribution in [-0.2, 0) is 0 Å². The Morgan fingerprint density at radius 2 is 1.67 bits per heavy atom. The maximum Gasteiger partial charge on any atom is 0.255 e. The van der Waals surface area contributed by atoms with Crippen molar-refractivity contribution in [3.05, 3.63) is 35.9 Å². The highest BCUT2D eigenvalue weighted by Gasteiger charge is 2.21. The molecule has 0 amide bonds. The normalized spacial score (nSPS) is 11.4. The molecule has 0 bridgehead atoms. The van der Waals surface area contributed by atoms with E-state index in [1.807, 2.05) is 13.1 Å². The van der Waals surface area contributed by atoms with Crippen LogP contribution in [0.4, 0.5) is 0 Å². The molecule has 1 aromatic carbocycles. The van der Waals surface area contributed by atoms with Crippen molar-refractivity contribution in [1.29, 1.82) is 0 Å². The van der Waals surface area contributed by atoms with Gasteiger partial charge in [0.2, 0.25) is 0 Å². The van der Waals surface area contributed by atoms with Gasteiger partial charge in [-0.3, -0.25) is 4.99 Å². The zero-order valence-corrected chi connectivity index (χ0v) is 12.2. The van der Waals surface area contributed by atoms with Gasteiger partial charge >= 0.3 is 0 Å². The third kappa shape index (κ3) is 3.90. The summed E-state index contributed by atoms with van der Waals surface area (Å²) in [6.07, 6.45) is 4.91. The third-order valence-corrected chi connectivity index (χ3v) is 3.37. The van der Waals surface area contributed by atoms with Gasteiger partial charge in [-0.05, 0) is 7.05 Å². The summed E-state index contributed by atoms with van der Waals surface area (Å²) in [5, 5.41) is 0. The zero-order chi connectivity index (χ0) is 13.4. The van der Waals surface area contributed by atoms with Gasteiger partial charge < -0.3 is 4.81 Å². The number of hydrogen-bond acceptors (Lipinski definition) is 1. The molecule has 0 saturated heterocycles. The first-order chi connectivity index (χ1) is 8.74. The predicted molar refractivity (Wildman–Crippen MR) is 82.6 cm³/mol. The van der Waals surface area contributed by atoms with E-state index in [0.717, 1.165) is 5.84 Å². The number of aliphatic imine (C=N–C) groups is 1. The average Bonchev–Trinajstić information content (AvgIpc) is 2.40. The van der Waals surface area contributed by atoms with E-state index in [2.05, 4.69) is 55.0 Å². The summed E-state index contributed by atoms with van der Waals surface area (Å²) in [6.45, 7) is 5.10. The van der Waals surface area contributed by atoms with E-state index >= 15 is 0 Å². The van der Waals surface area contributed by atoms with Crippen LogP contribution in [0.5, 0.6) is 0 Å². The largest absolute Gasteiger partial charge is 0.403 e. The van der Waals surface area contributed by atoms with E-state index < -0.39 is 0 Å². The third-order valence-electron chi connectivity index (χ3n) is 3.37. The fourth-order valence-corrected chi connectivity index (χ4v) is 2.45. The number of amidine groups is 1. The van der Waals surface area contributed by atoms with Crippen LogP contribution < -0.4 is 0 Å². The summed E-state index contributed by atoms with van der Waals surface area (Å²) in [5.74, 6) is 1.10. The average molecular weight is 244 g/mol. The molecule has 1 aromatic rings. The van der Waals surface area contributed by atoms with Crippen molar-refractivity contribution in [2.24, 2.45) is 4.99 Å². The van der Waals surface area contributed by atoms with Gasteiger partial charge in [-0.1, -0.05) is 69.7 Å². The lowest BCUT2D eigenvalue weighted by molar-refractivity contribution is 0.739. The summed E-state index contributed by atoms with van der Waals surface area (Å²) in [6, 6.07) is 10.5. The molecule has 0 heterocycles. The molecule has 98 valence electrons. The molecule has 0 spiro atoms. The van der Waals surface area contributed by atoms with Crippen LogP contribution in [0.15, 0.2) is 35.3 Å². The monoisotopic (exact) mass is 244 g/mol. The van der Waals surface area contributed by atoms with Gasteiger partial charge in [0.05, 0.1) is 0 Å². The maximum absolute atomic E-state index is 4.49. The molecule has 3 heteroatoms. The molecule has 0 aromatic heterocycles. The highest BCUT2D eigenvalue weighted by molar-refractivity contribution is 6.59. The molecule has 0 unspecified atom stereocenters. The molecule has 0 aliphatic carbocycles. The van der Waals surface area contributed by atoms with Crippen molar-refractivity contribution in [1.82, 2.24) is 4.81 Å². The van der Waals surface area contributed by atoms with Gasteiger partial charge in [0, 0.05) is 12.6 Å². The standard InChI is InChI=1S/C15H25BN2/c1-5-12-16(13-6-2)18(4)15(17-3)14-10-8-7-9-11-14/h7-11H,5-6,12-13H2,1-4H3. The molecule has 0 fully saturated rings. The Kier molecular flexibility index (Phi) is 6.55. The number of benzene rings is 1.